The van der Waals surface area contributed by atoms with Crippen molar-refractivity contribution >= 4 is 23.4 Å². The topological polar surface area (TPSA) is 78.5 Å². The normalized spacial score (nSPS) is 10.1. The van der Waals surface area contributed by atoms with Crippen LogP contribution in [0.15, 0.2) is 48.5 Å². The molecule has 0 saturated carbocycles. The summed E-state index contributed by atoms with van der Waals surface area (Å²) in [6.07, 6.45) is 0. The molecule has 0 aliphatic rings. The molecule has 0 saturated heterocycles. The van der Waals surface area contributed by atoms with Gasteiger partial charge in [0.25, 0.3) is 5.91 Å². The second-order valence-electron chi connectivity index (χ2n) is 6.09. The fraction of sp³-hybridized carbons (Fsp3) is 0.250. The zero-order valence-corrected chi connectivity index (χ0v) is 15.2. The van der Waals surface area contributed by atoms with Gasteiger partial charge in [-0.2, -0.15) is 0 Å². The van der Waals surface area contributed by atoms with Crippen molar-refractivity contribution in [1.82, 2.24) is 10.2 Å². The lowest BCUT2D eigenvalue weighted by Crippen LogP contribution is -2.41. The summed E-state index contributed by atoms with van der Waals surface area (Å²) in [4.78, 5) is 37.5. The van der Waals surface area contributed by atoms with Gasteiger partial charge in [-0.05, 0) is 43.2 Å². The second kappa shape index (κ2) is 8.80. The lowest BCUT2D eigenvalue weighted by atomic mass is 10.1. The Morgan fingerprint density at radius 1 is 0.962 bits per heavy atom. The lowest BCUT2D eigenvalue weighted by molar-refractivity contribution is -0.132. The maximum Gasteiger partial charge on any atom is 0.251 e. The first-order valence-corrected chi connectivity index (χ1v) is 8.31. The number of carbonyl (C=O) groups excluding carboxylic acids is 3. The summed E-state index contributed by atoms with van der Waals surface area (Å²) in [6, 6.07) is 14.3. The fourth-order valence-corrected chi connectivity index (χ4v) is 2.36. The van der Waals surface area contributed by atoms with E-state index in [0.29, 0.717) is 5.56 Å². The first-order chi connectivity index (χ1) is 12.4. The minimum atomic E-state index is -0.342. The van der Waals surface area contributed by atoms with Crippen LogP contribution in [0.3, 0.4) is 0 Å². The zero-order valence-electron chi connectivity index (χ0n) is 15.2. The molecule has 0 spiro atoms. The first kappa shape index (κ1) is 19.2. The summed E-state index contributed by atoms with van der Waals surface area (Å²) in [6.45, 7) is 3.64. The third-order valence-electron chi connectivity index (χ3n) is 4.12. The minimum Gasteiger partial charge on any atom is -0.343 e. The van der Waals surface area contributed by atoms with E-state index in [9.17, 15) is 14.4 Å². The van der Waals surface area contributed by atoms with Gasteiger partial charge in [0, 0.05) is 18.3 Å². The Hall–Kier alpha value is -3.15. The van der Waals surface area contributed by atoms with Gasteiger partial charge in [0.15, 0.2) is 0 Å². The van der Waals surface area contributed by atoms with E-state index in [-0.39, 0.29) is 30.8 Å². The molecule has 0 unspecified atom stereocenters. The summed E-state index contributed by atoms with van der Waals surface area (Å²) in [5.74, 6) is -0.957. The van der Waals surface area contributed by atoms with Gasteiger partial charge in [-0.1, -0.05) is 30.3 Å². The van der Waals surface area contributed by atoms with Crippen LogP contribution in [-0.2, 0) is 9.59 Å². The largest absolute Gasteiger partial charge is 0.343 e. The van der Waals surface area contributed by atoms with Gasteiger partial charge in [0.2, 0.25) is 11.8 Å². The third kappa shape index (κ3) is 5.17. The Morgan fingerprint density at radius 3 is 2.35 bits per heavy atom. The Labute approximate surface area is 153 Å². The van der Waals surface area contributed by atoms with Crippen LogP contribution >= 0.6 is 0 Å². The SMILES string of the molecule is Cc1cccc(NC(=O)CN(C)C(=O)CNC(=O)c2ccccc2)c1C. The molecule has 0 aromatic heterocycles. The van der Waals surface area contributed by atoms with Gasteiger partial charge in [-0.25, -0.2) is 0 Å². The fourth-order valence-electron chi connectivity index (χ4n) is 2.36. The lowest BCUT2D eigenvalue weighted by Gasteiger charge is -2.18. The van der Waals surface area contributed by atoms with Gasteiger partial charge in [0.05, 0.1) is 13.1 Å². The number of likely N-dealkylation sites (N-methyl/N-ethyl adjacent to an activating group) is 1. The van der Waals surface area contributed by atoms with Crippen molar-refractivity contribution in [2.75, 3.05) is 25.5 Å². The summed E-state index contributed by atoms with van der Waals surface area (Å²) in [7, 11) is 1.53. The highest BCUT2D eigenvalue weighted by Crippen LogP contribution is 2.17. The predicted molar refractivity (Wildman–Crippen MR) is 101 cm³/mol. The van der Waals surface area contributed by atoms with Crippen LogP contribution in [0.25, 0.3) is 0 Å². The Kier molecular flexibility index (Phi) is 6.49. The van der Waals surface area contributed by atoms with E-state index < -0.39 is 0 Å². The summed E-state index contributed by atoms with van der Waals surface area (Å²) < 4.78 is 0. The molecule has 26 heavy (non-hydrogen) atoms. The van der Waals surface area contributed by atoms with E-state index in [1.807, 2.05) is 38.1 Å². The average molecular weight is 353 g/mol. The molecule has 2 aromatic rings. The van der Waals surface area contributed by atoms with Gasteiger partial charge >= 0.3 is 0 Å². The van der Waals surface area contributed by atoms with Crippen molar-refractivity contribution < 1.29 is 14.4 Å². The van der Waals surface area contributed by atoms with E-state index in [2.05, 4.69) is 10.6 Å². The highest BCUT2D eigenvalue weighted by Gasteiger charge is 2.15. The second-order valence-corrected chi connectivity index (χ2v) is 6.09. The number of aryl methyl sites for hydroxylation is 1. The number of hydrogen-bond donors (Lipinski definition) is 2. The molecule has 3 amide bonds. The van der Waals surface area contributed by atoms with Gasteiger partial charge in [-0.3, -0.25) is 14.4 Å². The van der Waals surface area contributed by atoms with E-state index >= 15 is 0 Å². The van der Waals surface area contributed by atoms with Crippen LogP contribution in [0.1, 0.15) is 21.5 Å². The van der Waals surface area contributed by atoms with Crippen LogP contribution in [0.5, 0.6) is 0 Å². The molecule has 6 heteroatoms. The van der Waals surface area contributed by atoms with Crippen LogP contribution in [0.4, 0.5) is 5.69 Å². The molecule has 0 heterocycles. The van der Waals surface area contributed by atoms with Gasteiger partial charge < -0.3 is 15.5 Å². The van der Waals surface area contributed by atoms with Crippen molar-refractivity contribution in [3.05, 3.63) is 65.2 Å². The molecule has 2 aromatic carbocycles. The molecule has 0 bridgehead atoms. The summed E-state index contributed by atoms with van der Waals surface area (Å²) in [5, 5.41) is 5.36. The molecule has 6 nitrogen and oxygen atoms in total. The molecule has 2 N–H and O–H groups in total. The number of hydrogen-bond acceptors (Lipinski definition) is 3. The summed E-state index contributed by atoms with van der Waals surface area (Å²) in [5.41, 5.74) is 3.28. The average Bonchev–Trinajstić information content (AvgIpc) is 2.63. The predicted octanol–water partition coefficient (Wildman–Crippen LogP) is 2.13. The maximum absolute atomic E-state index is 12.2. The molecule has 136 valence electrons. The van der Waals surface area contributed by atoms with Crippen molar-refractivity contribution in [3.8, 4) is 0 Å². The van der Waals surface area contributed by atoms with Gasteiger partial charge in [0.1, 0.15) is 0 Å². The number of nitrogens with one attached hydrogen (secondary N) is 2. The van der Waals surface area contributed by atoms with E-state index in [0.717, 1.165) is 16.8 Å². The van der Waals surface area contributed by atoms with Gasteiger partial charge in [-0.15, -0.1) is 0 Å². The monoisotopic (exact) mass is 353 g/mol. The van der Waals surface area contributed by atoms with Crippen LogP contribution in [0, 0.1) is 13.8 Å². The van der Waals surface area contributed by atoms with Crippen LogP contribution in [-0.4, -0.2) is 42.8 Å². The number of rotatable bonds is 6. The molecular formula is C20H23N3O3. The van der Waals surface area contributed by atoms with Crippen LogP contribution in [0.2, 0.25) is 0 Å². The number of nitrogens with zero attached hydrogens (tertiary/aromatic N) is 1. The molecule has 0 fully saturated rings. The standard InChI is InChI=1S/C20H23N3O3/c1-14-8-7-11-17(15(14)2)22-18(24)13-23(3)19(25)12-21-20(26)16-9-5-4-6-10-16/h4-11H,12-13H2,1-3H3,(H,21,26)(H,22,24). The number of carbonyl (C=O) groups is 3. The Balaban J connectivity index is 1.83. The van der Waals surface area contributed by atoms with Crippen LogP contribution < -0.4 is 10.6 Å². The molecule has 0 radical (unpaired) electrons. The third-order valence-corrected chi connectivity index (χ3v) is 4.12. The smallest absolute Gasteiger partial charge is 0.251 e. The van der Waals surface area contributed by atoms with E-state index in [1.165, 1.54) is 11.9 Å². The Morgan fingerprint density at radius 2 is 1.65 bits per heavy atom. The zero-order chi connectivity index (χ0) is 19.1. The summed E-state index contributed by atoms with van der Waals surface area (Å²) >= 11 is 0. The molecule has 0 atom stereocenters. The van der Waals surface area contributed by atoms with Crippen molar-refractivity contribution in [3.63, 3.8) is 0 Å². The minimum absolute atomic E-state index is 0.0899. The highest BCUT2D eigenvalue weighted by molar-refractivity contribution is 5.98. The highest BCUT2D eigenvalue weighted by atomic mass is 16.2. The maximum atomic E-state index is 12.2. The Bertz CT molecular complexity index is 803. The molecule has 2 rings (SSSR count). The molecule has 0 aliphatic carbocycles. The van der Waals surface area contributed by atoms with Crippen molar-refractivity contribution in [2.45, 2.75) is 13.8 Å². The number of benzene rings is 2. The first-order valence-electron chi connectivity index (χ1n) is 8.31. The molecular weight excluding hydrogens is 330 g/mol. The quantitative estimate of drug-likeness (QED) is 0.835. The number of anilines is 1. The van der Waals surface area contributed by atoms with Crippen molar-refractivity contribution in [2.24, 2.45) is 0 Å². The number of amides is 3. The van der Waals surface area contributed by atoms with Crippen molar-refractivity contribution in [1.29, 1.82) is 0 Å². The molecule has 0 aliphatic heterocycles. The van der Waals surface area contributed by atoms with E-state index in [4.69, 9.17) is 0 Å². The van der Waals surface area contributed by atoms with E-state index in [1.54, 1.807) is 24.3 Å².